The van der Waals surface area contributed by atoms with Gasteiger partial charge in [0, 0.05) is 13.0 Å². The molecule has 16 heavy (non-hydrogen) atoms. The van der Waals surface area contributed by atoms with E-state index in [4.69, 9.17) is 0 Å². The maximum absolute atomic E-state index is 13.8. The summed E-state index contributed by atoms with van der Waals surface area (Å²) in [5, 5.41) is 3.46. The molecule has 0 radical (unpaired) electrons. The van der Waals surface area contributed by atoms with Crippen molar-refractivity contribution in [2.45, 2.75) is 45.2 Å². The van der Waals surface area contributed by atoms with Crippen LogP contribution in [0.3, 0.4) is 0 Å². The molecule has 0 amide bonds. The summed E-state index contributed by atoms with van der Waals surface area (Å²) in [7, 11) is 0. The van der Waals surface area contributed by atoms with Crippen LogP contribution in [0.25, 0.3) is 0 Å². The lowest BCUT2D eigenvalue weighted by Gasteiger charge is -2.38. The second-order valence-electron chi connectivity index (χ2n) is 5.18. The molecule has 0 aromatic heterocycles. The van der Waals surface area contributed by atoms with Crippen molar-refractivity contribution in [1.82, 2.24) is 5.32 Å². The van der Waals surface area contributed by atoms with Crippen LogP contribution in [0.4, 0.5) is 4.39 Å². The van der Waals surface area contributed by atoms with E-state index in [-0.39, 0.29) is 0 Å². The molecule has 1 nitrogen and oxygen atoms in total. The largest absolute Gasteiger partial charge is 0.316 e. The fourth-order valence-corrected chi connectivity index (χ4v) is 2.86. The van der Waals surface area contributed by atoms with Gasteiger partial charge in [0.2, 0.25) is 0 Å². The fraction of sp³-hybridized carbons (Fsp3) is 0.714. The third-order valence-corrected chi connectivity index (χ3v) is 4.08. The van der Waals surface area contributed by atoms with Gasteiger partial charge >= 0.3 is 0 Å². The molecule has 1 heterocycles. The van der Waals surface area contributed by atoms with Gasteiger partial charge in [-0.2, -0.15) is 0 Å². The van der Waals surface area contributed by atoms with E-state index in [1.54, 1.807) is 0 Å². The summed E-state index contributed by atoms with van der Waals surface area (Å²) in [6.45, 7) is 4.41. The molecule has 0 spiro atoms. The minimum Gasteiger partial charge on any atom is -0.316 e. The van der Waals surface area contributed by atoms with Crippen LogP contribution in [-0.4, -0.2) is 19.3 Å². The van der Waals surface area contributed by atoms with Crippen LogP contribution in [0.1, 0.15) is 39.0 Å². The lowest BCUT2D eigenvalue weighted by Crippen LogP contribution is -2.40. The standard InChI is InChI=1S/C14H22FN/c1-2-14(8-5-9-16-11-14)10-12-6-3-4-7-13(12)15/h3-4,6,13,16H,2,5,7-11H2,1H3. The fourth-order valence-electron chi connectivity index (χ4n) is 2.86. The molecule has 0 bridgehead atoms. The maximum Gasteiger partial charge on any atom is 0.125 e. The molecular formula is C14H22FN. The molecule has 2 rings (SSSR count). The first-order valence-corrected chi connectivity index (χ1v) is 6.46. The van der Waals surface area contributed by atoms with Gasteiger partial charge in [-0.15, -0.1) is 0 Å². The van der Waals surface area contributed by atoms with E-state index in [0.29, 0.717) is 11.8 Å². The van der Waals surface area contributed by atoms with Crippen LogP contribution in [0, 0.1) is 5.41 Å². The normalized spacial score (nSPS) is 34.9. The molecule has 2 unspecified atom stereocenters. The highest BCUT2D eigenvalue weighted by Crippen LogP contribution is 2.38. The molecule has 2 aliphatic rings. The minimum atomic E-state index is -0.740. The van der Waals surface area contributed by atoms with Gasteiger partial charge < -0.3 is 5.32 Å². The predicted octanol–water partition coefficient (Wildman–Crippen LogP) is 3.38. The van der Waals surface area contributed by atoms with Crippen molar-refractivity contribution in [2.75, 3.05) is 13.1 Å². The van der Waals surface area contributed by atoms with Crippen molar-refractivity contribution in [1.29, 1.82) is 0 Å². The Balaban J connectivity index is 2.05. The first-order chi connectivity index (χ1) is 7.76. The molecule has 1 aliphatic carbocycles. The Morgan fingerprint density at radius 3 is 3.06 bits per heavy atom. The summed E-state index contributed by atoms with van der Waals surface area (Å²) in [5.74, 6) is 0. The van der Waals surface area contributed by atoms with E-state index in [1.165, 1.54) is 12.8 Å². The van der Waals surface area contributed by atoms with Crippen molar-refractivity contribution in [3.63, 3.8) is 0 Å². The molecule has 2 atom stereocenters. The molecule has 1 N–H and O–H groups in total. The summed E-state index contributed by atoms with van der Waals surface area (Å²) in [5.41, 5.74) is 1.31. The van der Waals surface area contributed by atoms with Crippen molar-refractivity contribution in [2.24, 2.45) is 5.41 Å². The number of piperidine rings is 1. The van der Waals surface area contributed by atoms with E-state index < -0.39 is 6.17 Å². The lowest BCUT2D eigenvalue weighted by atomic mass is 9.72. The monoisotopic (exact) mass is 223 g/mol. The zero-order valence-corrected chi connectivity index (χ0v) is 10.1. The topological polar surface area (TPSA) is 12.0 Å². The Bertz CT molecular complexity index is 287. The third-order valence-electron chi connectivity index (χ3n) is 4.08. The number of halogens is 1. The maximum atomic E-state index is 13.8. The molecule has 2 heteroatoms. The number of hydrogen-bond acceptors (Lipinski definition) is 1. The molecule has 0 aromatic carbocycles. The molecule has 90 valence electrons. The van der Waals surface area contributed by atoms with E-state index in [9.17, 15) is 4.39 Å². The van der Waals surface area contributed by atoms with Crippen LogP contribution in [0.5, 0.6) is 0 Å². The summed E-state index contributed by atoms with van der Waals surface area (Å²) in [6, 6.07) is 0. The average molecular weight is 223 g/mol. The third kappa shape index (κ3) is 2.54. The average Bonchev–Trinajstić information content (AvgIpc) is 2.33. The summed E-state index contributed by atoms with van der Waals surface area (Å²) in [6.07, 6.45) is 10.3. The van der Waals surface area contributed by atoms with Crippen LogP contribution in [0.2, 0.25) is 0 Å². The SMILES string of the molecule is CCC1(CC2=CC=CCC2F)CCCNC1. The van der Waals surface area contributed by atoms with Gasteiger partial charge in [0.05, 0.1) is 0 Å². The lowest BCUT2D eigenvalue weighted by molar-refractivity contribution is 0.187. The van der Waals surface area contributed by atoms with Gasteiger partial charge in [-0.25, -0.2) is 4.39 Å². The smallest absolute Gasteiger partial charge is 0.125 e. The highest BCUT2D eigenvalue weighted by atomic mass is 19.1. The van der Waals surface area contributed by atoms with Gasteiger partial charge in [-0.05, 0) is 43.2 Å². The highest BCUT2D eigenvalue weighted by molar-refractivity contribution is 5.23. The van der Waals surface area contributed by atoms with E-state index in [1.807, 2.05) is 18.2 Å². The zero-order valence-electron chi connectivity index (χ0n) is 10.1. The quantitative estimate of drug-likeness (QED) is 0.773. The van der Waals surface area contributed by atoms with Gasteiger partial charge in [-0.1, -0.05) is 25.2 Å². The summed E-state index contributed by atoms with van der Waals surface area (Å²) < 4.78 is 13.8. The first-order valence-electron chi connectivity index (χ1n) is 6.46. The van der Waals surface area contributed by atoms with Gasteiger partial charge in [-0.3, -0.25) is 0 Å². The Morgan fingerprint density at radius 1 is 1.56 bits per heavy atom. The predicted molar refractivity (Wildman–Crippen MR) is 66.2 cm³/mol. The van der Waals surface area contributed by atoms with Crippen molar-refractivity contribution < 1.29 is 4.39 Å². The Labute approximate surface area is 97.8 Å². The molecule has 1 fully saturated rings. The number of hydrogen-bond donors (Lipinski definition) is 1. The molecule has 0 saturated carbocycles. The molecule has 1 saturated heterocycles. The summed E-state index contributed by atoms with van der Waals surface area (Å²) in [4.78, 5) is 0. The van der Waals surface area contributed by atoms with E-state index in [0.717, 1.165) is 31.5 Å². The second kappa shape index (κ2) is 5.13. The second-order valence-corrected chi connectivity index (χ2v) is 5.18. The zero-order chi connectivity index (χ0) is 11.4. The van der Waals surface area contributed by atoms with Crippen LogP contribution in [0.15, 0.2) is 23.8 Å². The van der Waals surface area contributed by atoms with E-state index >= 15 is 0 Å². The van der Waals surface area contributed by atoms with Crippen LogP contribution >= 0.6 is 0 Å². The number of alkyl halides is 1. The molecule has 0 aromatic rings. The van der Waals surface area contributed by atoms with Crippen molar-refractivity contribution >= 4 is 0 Å². The number of allylic oxidation sites excluding steroid dienone is 4. The van der Waals surface area contributed by atoms with Crippen molar-refractivity contribution in [3.05, 3.63) is 23.8 Å². The first kappa shape index (κ1) is 11.8. The van der Waals surface area contributed by atoms with Crippen molar-refractivity contribution in [3.8, 4) is 0 Å². The number of rotatable bonds is 3. The molecular weight excluding hydrogens is 201 g/mol. The Kier molecular flexibility index (Phi) is 3.80. The summed E-state index contributed by atoms with van der Waals surface area (Å²) >= 11 is 0. The van der Waals surface area contributed by atoms with Crippen LogP contribution in [-0.2, 0) is 0 Å². The number of nitrogens with one attached hydrogen (secondary N) is 1. The highest BCUT2D eigenvalue weighted by Gasteiger charge is 2.32. The van der Waals surface area contributed by atoms with Gasteiger partial charge in [0.1, 0.15) is 6.17 Å². The van der Waals surface area contributed by atoms with Gasteiger partial charge in [0.25, 0.3) is 0 Å². The Morgan fingerprint density at radius 2 is 2.44 bits per heavy atom. The van der Waals surface area contributed by atoms with Crippen LogP contribution < -0.4 is 5.32 Å². The van der Waals surface area contributed by atoms with E-state index in [2.05, 4.69) is 12.2 Å². The molecule has 1 aliphatic heterocycles. The Hall–Kier alpha value is -0.630. The minimum absolute atomic E-state index is 0.305. The van der Waals surface area contributed by atoms with Gasteiger partial charge in [0.15, 0.2) is 0 Å².